The molecule has 0 aliphatic rings. The Bertz CT molecular complexity index is 780. The minimum absolute atomic E-state index is 0. The molecule has 2 aromatic carbocycles. The van der Waals surface area contributed by atoms with Crippen LogP contribution in [0.15, 0.2) is 48.5 Å². The molecule has 0 unspecified atom stereocenters. The van der Waals surface area contributed by atoms with Crippen molar-refractivity contribution < 1.29 is 52.4 Å². The third kappa shape index (κ3) is 4.79. The van der Waals surface area contributed by atoms with Crippen molar-refractivity contribution in [2.45, 2.75) is 0 Å². The maximum atomic E-state index is 11.5. The van der Waals surface area contributed by atoms with Gasteiger partial charge in [-0.2, -0.15) is 0 Å². The van der Waals surface area contributed by atoms with Crippen molar-refractivity contribution >= 4 is 27.1 Å². The minimum Gasteiger partial charge on any atom is -0.478 e. The molecule has 7 heteroatoms. The Morgan fingerprint density at radius 2 is 1.73 bits per heavy atom. The van der Waals surface area contributed by atoms with Crippen molar-refractivity contribution in [1.82, 2.24) is 0 Å². The number of carboxylic acids is 1. The summed E-state index contributed by atoms with van der Waals surface area (Å²) in [5.74, 6) is -1.07. The molecule has 2 N–H and O–H groups in total. The molecule has 0 heterocycles. The smallest absolute Gasteiger partial charge is 0.478 e. The number of carbonyl (C=O) groups is 1. The Morgan fingerprint density at radius 3 is 2.18 bits per heavy atom. The van der Waals surface area contributed by atoms with Crippen LogP contribution in [0, 0.1) is 6.07 Å². The van der Waals surface area contributed by atoms with Crippen molar-refractivity contribution in [3.63, 3.8) is 0 Å². The zero-order chi connectivity index (χ0) is 15.5. The van der Waals surface area contributed by atoms with E-state index in [9.17, 15) is 17.8 Å². The molecule has 0 aliphatic carbocycles. The predicted octanol–water partition coefficient (Wildman–Crippen LogP) is -0.425. The third-order valence-electron chi connectivity index (χ3n) is 2.71. The van der Waals surface area contributed by atoms with Crippen LogP contribution in [0.3, 0.4) is 0 Å². The first kappa shape index (κ1) is 18.6. The van der Waals surface area contributed by atoms with E-state index in [2.05, 4.69) is 6.07 Å². The summed E-state index contributed by atoms with van der Waals surface area (Å²) in [4.78, 5) is 10.5. The Balaban J connectivity index is 0.00000242. The summed E-state index contributed by atoms with van der Waals surface area (Å²) in [6.07, 6.45) is 1.26. The zero-order valence-electron chi connectivity index (χ0n) is 11.7. The standard InChI is InChI=1S/C15H11O5S.Na/c16-15(17)13-8-6-11(7-9-13)10-14(21(18,19)20)12-4-2-1-3-5-12;/h1-4,6-10H,(H,16,17)(H,18,19,20);/q-1;+1. The number of aromatic carboxylic acids is 1. The summed E-state index contributed by atoms with van der Waals surface area (Å²) in [5.41, 5.74) is 0.763. The molecule has 108 valence electrons. The molecule has 5 nitrogen and oxygen atoms in total. The summed E-state index contributed by atoms with van der Waals surface area (Å²) < 4.78 is 32.3. The van der Waals surface area contributed by atoms with E-state index in [1.165, 1.54) is 42.5 Å². The van der Waals surface area contributed by atoms with E-state index in [1.54, 1.807) is 12.1 Å². The number of hydrogen-bond donors (Lipinski definition) is 2. The SMILES string of the molecule is O=C(O)c1ccc(C=C(c2[c-]cccc2)S(=O)(=O)O)cc1.[Na+]. The van der Waals surface area contributed by atoms with E-state index < -0.39 is 16.1 Å². The van der Waals surface area contributed by atoms with Gasteiger partial charge in [0.2, 0.25) is 0 Å². The van der Waals surface area contributed by atoms with Crippen molar-refractivity contribution in [2.24, 2.45) is 0 Å². The second-order valence-electron chi connectivity index (χ2n) is 4.19. The Hall–Kier alpha value is -1.44. The van der Waals surface area contributed by atoms with Gasteiger partial charge in [0.25, 0.3) is 10.1 Å². The van der Waals surface area contributed by atoms with E-state index in [1.807, 2.05) is 0 Å². The van der Waals surface area contributed by atoms with Crippen LogP contribution in [0.4, 0.5) is 0 Å². The van der Waals surface area contributed by atoms with Gasteiger partial charge >= 0.3 is 35.5 Å². The van der Waals surface area contributed by atoms with Gasteiger partial charge in [-0.1, -0.05) is 18.2 Å². The summed E-state index contributed by atoms with van der Waals surface area (Å²) >= 11 is 0. The van der Waals surface area contributed by atoms with Crippen LogP contribution in [-0.2, 0) is 10.1 Å². The average molecular weight is 326 g/mol. The number of rotatable bonds is 4. The normalized spacial score (nSPS) is 11.6. The molecule has 0 amide bonds. The Labute approximate surface area is 150 Å². The number of carboxylic acid groups (broad SMARTS) is 1. The van der Waals surface area contributed by atoms with Gasteiger partial charge in [0.1, 0.15) is 0 Å². The molecule has 22 heavy (non-hydrogen) atoms. The van der Waals surface area contributed by atoms with Crippen molar-refractivity contribution in [2.75, 3.05) is 0 Å². The molecule has 0 spiro atoms. The second-order valence-corrected chi connectivity index (χ2v) is 5.58. The molecule has 2 aromatic rings. The van der Waals surface area contributed by atoms with E-state index >= 15 is 0 Å². The summed E-state index contributed by atoms with van der Waals surface area (Å²) in [7, 11) is -4.43. The van der Waals surface area contributed by atoms with Gasteiger partial charge in [-0.05, 0) is 17.7 Å². The van der Waals surface area contributed by atoms with Gasteiger partial charge in [0.05, 0.1) is 5.56 Å². The predicted molar refractivity (Wildman–Crippen MR) is 78.1 cm³/mol. The topological polar surface area (TPSA) is 91.7 Å². The number of benzene rings is 2. The van der Waals surface area contributed by atoms with Crippen LogP contribution in [0.1, 0.15) is 21.5 Å². The molecular formula is C15H11NaO5S. The van der Waals surface area contributed by atoms with Gasteiger partial charge in [0, 0.05) is 4.91 Å². The zero-order valence-corrected chi connectivity index (χ0v) is 14.5. The second kappa shape index (κ2) is 7.71. The van der Waals surface area contributed by atoms with E-state index in [4.69, 9.17) is 5.11 Å². The fraction of sp³-hybridized carbons (Fsp3) is 0. The quantitative estimate of drug-likeness (QED) is 0.344. The van der Waals surface area contributed by atoms with Crippen LogP contribution in [0.2, 0.25) is 0 Å². The van der Waals surface area contributed by atoms with Crippen molar-refractivity contribution in [3.8, 4) is 0 Å². The van der Waals surface area contributed by atoms with Crippen LogP contribution in [0.25, 0.3) is 11.0 Å². The molecule has 0 saturated heterocycles. The van der Waals surface area contributed by atoms with E-state index in [0.717, 1.165) is 0 Å². The largest absolute Gasteiger partial charge is 1.00 e. The molecule has 0 saturated carbocycles. The van der Waals surface area contributed by atoms with Gasteiger partial charge in [-0.15, -0.1) is 35.9 Å². The van der Waals surface area contributed by atoms with E-state index in [-0.39, 0.29) is 45.6 Å². The van der Waals surface area contributed by atoms with Crippen LogP contribution in [0.5, 0.6) is 0 Å². The maximum Gasteiger partial charge on any atom is 1.00 e. The monoisotopic (exact) mass is 326 g/mol. The minimum atomic E-state index is -4.43. The van der Waals surface area contributed by atoms with Crippen LogP contribution < -0.4 is 29.6 Å². The first-order valence-electron chi connectivity index (χ1n) is 5.87. The Morgan fingerprint density at radius 1 is 1.09 bits per heavy atom. The van der Waals surface area contributed by atoms with Gasteiger partial charge in [-0.25, -0.2) is 13.2 Å². The Kier molecular flexibility index (Phi) is 6.52. The molecule has 0 bridgehead atoms. The molecule has 0 aliphatic heterocycles. The first-order chi connectivity index (χ1) is 9.88. The molecule has 0 aromatic heterocycles. The molecule has 0 atom stereocenters. The average Bonchev–Trinajstić information content (AvgIpc) is 2.45. The van der Waals surface area contributed by atoms with Crippen LogP contribution >= 0.6 is 0 Å². The fourth-order valence-electron chi connectivity index (χ4n) is 1.71. The molecular weight excluding hydrogens is 315 g/mol. The van der Waals surface area contributed by atoms with Crippen LogP contribution in [-0.4, -0.2) is 24.0 Å². The van der Waals surface area contributed by atoms with E-state index in [0.29, 0.717) is 5.56 Å². The van der Waals surface area contributed by atoms with Crippen molar-refractivity contribution in [1.29, 1.82) is 0 Å². The first-order valence-corrected chi connectivity index (χ1v) is 7.31. The van der Waals surface area contributed by atoms with Gasteiger partial charge in [0.15, 0.2) is 0 Å². The van der Waals surface area contributed by atoms with Crippen molar-refractivity contribution in [3.05, 3.63) is 71.3 Å². The maximum absolute atomic E-state index is 11.5. The molecule has 0 fully saturated rings. The fourth-order valence-corrected chi connectivity index (χ4v) is 2.40. The summed E-state index contributed by atoms with van der Waals surface area (Å²) in [6.45, 7) is 0. The summed E-state index contributed by atoms with van der Waals surface area (Å²) in [5, 5.41) is 8.81. The van der Waals surface area contributed by atoms with Gasteiger partial charge in [-0.3, -0.25) is 4.55 Å². The van der Waals surface area contributed by atoms with Gasteiger partial charge < -0.3 is 5.11 Å². The molecule has 0 radical (unpaired) electrons. The number of hydrogen-bond acceptors (Lipinski definition) is 3. The summed E-state index contributed by atoms with van der Waals surface area (Å²) in [6, 6.07) is 14.7. The molecule has 2 rings (SSSR count). The third-order valence-corrected chi connectivity index (χ3v) is 3.60.